The highest BCUT2D eigenvalue weighted by molar-refractivity contribution is 7.98. The van der Waals surface area contributed by atoms with E-state index in [2.05, 4.69) is 30.6 Å². The third-order valence-corrected chi connectivity index (χ3v) is 3.26. The van der Waals surface area contributed by atoms with Crippen LogP contribution in [0.25, 0.3) is 0 Å². The molecular formula is C13H21NOS. The van der Waals surface area contributed by atoms with Crippen LogP contribution in [0.4, 0.5) is 0 Å². The normalized spacial score (nSPS) is 12.7. The molecule has 90 valence electrons. The molecule has 3 heteroatoms. The average molecular weight is 239 g/mol. The largest absolute Gasteiger partial charge is 0.392 e. The smallest absolute Gasteiger partial charge is 0.0681 e. The van der Waals surface area contributed by atoms with Crippen molar-refractivity contribution in [3.63, 3.8) is 0 Å². The van der Waals surface area contributed by atoms with Crippen LogP contribution in [0.15, 0.2) is 24.3 Å². The molecule has 0 fully saturated rings. The van der Waals surface area contributed by atoms with E-state index in [1.165, 1.54) is 17.7 Å². The van der Waals surface area contributed by atoms with Crippen molar-refractivity contribution in [1.29, 1.82) is 0 Å². The minimum atomic E-state index is 0.123. The molecule has 0 bridgehead atoms. The van der Waals surface area contributed by atoms with Crippen LogP contribution in [0.1, 0.15) is 24.5 Å². The number of aliphatic hydroxyl groups is 1. The van der Waals surface area contributed by atoms with Gasteiger partial charge in [0.1, 0.15) is 0 Å². The van der Waals surface area contributed by atoms with Crippen molar-refractivity contribution in [3.05, 3.63) is 35.4 Å². The van der Waals surface area contributed by atoms with Gasteiger partial charge in [0.15, 0.2) is 0 Å². The van der Waals surface area contributed by atoms with Crippen LogP contribution >= 0.6 is 11.8 Å². The molecule has 0 aliphatic carbocycles. The zero-order valence-electron chi connectivity index (χ0n) is 10.1. The lowest BCUT2D eigenvalue weighted by Crippen LogP contribution is -2.25. The second-order valence-corrected chi connectivity index (χ2v) is 5.02. The zero-order chi connectivity index (χ0) is 11.8. The monoisotopic (exact) mass is 239 g/mol. The lowest BCUT2D eigenvalue weighted by atomic mass is 10.1. The molecule has 2 N–H and O–H groups in total. The maximum atomic E-state index is 8.93. The number of rotatable bonds is 7. The third kappa shape index (κ3) is 5.01. The van der Waals surface area contributed by atoms with Crippen molar-refractivity contribution < 1.29 is 5.11 Å². The molecule has 0 aliphatic heterocycles. The molecule has 0 amide bonds. The Kier molecular flexibility index (Phi) is 6.53. The van der Waals surface area contributed by atoms with Gasteiger partial charge in [-0.1, -0.05) is 24.3 Å². The summed E-state index contributed by atoms with van der Waals surface area (Å²) in [4.78, 5) is 0. The molecule has 1 aromatic carbocycles. The second-order valence-electron chi connectivity index (χ2n) is 4.04. The SMILES string of the molecule is CSCCC(C)NCc1ccc(CO)cc1. The number of hydrogen-bond donors (Lipinski definition) is 2. The fourth-order valence-corrected chi connectivity index (χ4v) is 2.04. The number of aliphatic hydroxyl groups excluding tert-OH is 1. The van der Waals surface area contributed by atoms with E-state index >= 15 is 0 Å². The average Bonchev–Trinajstić information content (AvgIpc) is 2.34. The molecule has 0 heterocycles. The summed E-state index contributed by atoms with van der Waals surface area (Å²) in [5.74, 6) is 1.21. The van der Waals surface area contributed by atoms with Gasteiger partial charge in [-0.05, 0) is 36.5 Å². The Bertz CT molecular complexity index is 286. The van der Waals surface area contributed by atoms with E-state index in [9.17, 15) is 0 Å². The first kappa shape index (κ1) is 13.6. The highest BCUT2D eigenvalue weighted by atomic mass is 32.2. The lowest BCUT2D eigenvalue weighted by molar-refractivity contribution is 0.282. The van der Waals surface area contributed by atoms with Gasteiger partial charge >= 0.3 is 0 Å². The fourth-order valence-electron chi connectivity index (χ4n) is 1.45. The number of nitrogens with one attached hydrogen (secondary N) is 1. The molecule has 0 aromatic heterocycles. The summed E-state index contributed by atoms with van der Waals surface area (Å²) in [5, 5.41) is 12.4. The summed E-state index contributed by atoms with van der Waals surface area (Å²) in [7, 11) is 0. The molecule has 0 radical (unpaired) electrons. The topological polar surface area (TPSA) is 32.3 Å². The Morgan fingerprint density at radius 2 is 1.88 bits per heavy atom. The van der Waals surface area contributed by atoms with E-state index in [0.717, 1.165) is 12.1 Å². The van der Waals surface area contributed by atoms with Crippen LogP contribution in [0.3, 0.4) is 0 Å². The fraction of sp³-hybridized carbons (Fsp3) is 0.538. The molecule has 0 saturated heterocycles. The van der Waals surface area contributed by atoms with Crippen molar-refractivity contribution in [1.82, 2.24) is 5.32 Å². The molecule has 0 aliphatic rings. The van der Waals surface area contributed by atoms with Crippen LogP contribution in [-0.4, -0.2) is 23.2 Å². The first-order valence-electron chi connectivity index (χ1n) is 5.67. The molecule has 16 heavy (non-hydrogen) atoms. The molecule has 1 unspecified atom stereocenters. The number of hydrogen-bond acceptors (Lipinski definition) is 3. The van der Waals surface area contributed by atoms with Crippen molar-refractivity contribution >= 4 is 11.8 Å². The van der Waals surface area contributed by atoms with Gasteiger partial charge in [0, 0.05) is 12.6 Å². The zero-order valence-corrected chi connectivity index (χ0v) is 10.9. The summed E-state index contributed by atoms with van der Waals surface area (Å²) in [5.41, 5.74) is 2.24. The maximum Gasteiger partial charge on any atom is 0.0681 e. The van der Waals surface area contributed by atoms with Crippen molar-refractivity contribution in [2.75, 3.05) is 12.0 Å². The predicted octanol–water partition coefficient (Wildman–Crippen LogP) is 2.41. The van der Waals surface area contributed by atoms with Gasteiger partial charge in [0.25, 0.3) is 0 Å². The van der Waals surface area contributed by atoms with Gasteiger partial charge in [0.2, 0.25) is 0 Å². The van der Waals surface area contributed by atoms with E-state index in [-0.39, 0.29) is 6.61 Å². The summed E-state index contributed by atoms with van der Waals surface area (Å²) >= 11 is 1.89. The number of benzene rings is 1. The van der Waals surface area contributed by atoms with Crippen molar-refractivity contribution in [2.45, 2.75) is 32.5 Å². The standard InChI is InChI=1S/C13H21NOS/c1-11(7-8-16-2)14-9-12-3-5-13(10-15)6-4-12/h3-6,11,14-15H,7-10H2,1-2H3. The quantitative estimate of drug-likeness (QED) is 0.766. The van der Waals surface area contributed by atoms with E-state index in [1.54, 1.807) is 0 Å². The van der Waals surface area contributed by atoms with Gasteiger partial charge in [-0.15, -0.1) is 0 Å². The Morgan fingerprint density at radius 1 is 1.25 bits per heavy atom. The van der Waals surface area contributed by atoms with Crippen LogP contribution in [0.5, 0.6) is 0 Å². The summed E-state index contributed by atoms with van der Waals surface area (Å²) in [6, 6.07) is 8.65. The molecule has 2 nitrogen and oxygen atoms in total. The Labute approximate surface area is 102 Å². The number of thioether (sulfide) groups is 1. The van der Waals surface area contributed by atoms with Crippen LogP contribution in [-0.2, 0) is 13.2 Å². The highest BCUT2D eigenvalue weighted by Crippen LogP contribution is 2.05. The predicted molar refractivity (Wildman–Crippen MR) is 71.7 cm³/mol. The van der Waals surface area contributed by atoms with Crippen molar-refractivity contribution in [2.24, 2.45) is 0 Å². The highest BCUT2D eigenvalue weighted by Gasteiger charge is 2.00. The maximum absolute atomic E-state index is 8.93. The minimum Gasteiger partial charge on any atom is -0.392 e. The molecule has 0 saturated carbocycles. The van der Waals surface area contributed by atoms with Gasteiger partial charge in [0.05, 0.1) is 6.61 Å². The van der Waals surface area contributed by atoms with E-state index < -0.39 is 0 Å². The Morgan fingerprint density at radius 3 is 2.44 bits per heavy atom. The summed E-state index contributed by atoms with van der Waals surface area (Å²) in [6.07, 6.45) is 3.34. The molecule has 1 aromatic rings. The molecule has 1 rings (SSSR count). The van der Waals surface area contributed by atoms with Crippen LogP contribution in [0.2, 0.25) is 0 Å². The van der Waals surface area contributed by atoms with Gasteiger partial charge in [-0.25, -0.2) is 0 Å². The van der Waals surface area contributed by atoms with E-state index in [0.29, 0.717) is 6.04 Å². The Balaban J connectivity index is 2.30. The summed E-state index contributed by atoms with van der Waals surface area (Å²) < 4.78 is 0. The lowest BCUT2D eigenvalue weighted by Gasteiger charge is -2.13. The van der Waals surface area contributed by atoms with Gasteiger partial charge < -0.3 is 10.4 Å². The van der Waals surface area contributed by atoms with Gasteiger partial charge in [-0.3, -0.25) is 0 Å². The van der Waals surface area contributed by atoms with Crippen LogP contribution in [0, 0.1) is 0 Å². The molecule has 1 atom stereocenters. The van der Waals surface area contributed by atoms with Crippen molar-refractivity contribution in [3.8, 4) is 0 Å². The van der Waals surface area contributed by atoms with Gasteiger partial charge in [-0.2, -0.15) is 11.8 Å². The third-order valence-electron chi connectivity index (χ3n) is 2.62. The molecular weight excluding hydrogens is 218 g/mol. The summed E-state index contributed by atoms with van der Waals surface area (Å²) in [6.45, 7) is 3.25. The van der Waals surface area contributed by atoms with E-state index in [4.69, 9.17) is 5.11 Å². The first-order valence-corrected chi connectivity index (χ1v) is 7.06. The Hall–Kier alpha value is -0.510. The minimum absolute atomic E-state index is 0.123. The molecule has 0 spiro atoms. The van der Waals surface area contributed by atoms with Crippen LogP contribution < -0.4 is 5.32 Å². The van der Waals surface area contributed by atoms with E-state index in [1.807, 2.05) is 23.9 Å². The second kappa shape index (κ2) is 7.71. The first-order chi connectivity index (χ1) is 7.76.